The van der Waals surface area contributed by atoms with Crippen LogP contribution in [0.2, 0.25) is 0 Å². The lowest BCUT2D eigenvalue weighted by molar-refractivity contribution is -0.125. The number of benzene rings is 2. The van der Waals surface area contributed by atoms with Crippen molar-refractivity contribution < 1.29 is 23.8 Å². The largest absolute Gasteiger partial charge is 0.491 e. The molecule has 2 atom stereocenters. The van der Waals surface area contributed by atoms with E-state index in [9.17, 15) is 9.59 Å². The summed E-state index contributed by atoms with van der Waals surface area (Å²) in [6.45, 7) is 4.52. The Morgan fingerprint density at radius 3 is 2.52 bits per heavy atom. The second kappa shape index (κ2) is 8.03. The van der Waals surface area contributed by atoms with Gasteiger partial charge in [0, 0.05) is 12.2 Å². The minimum Gasteiger partial charge on any atom is -0.491 e. The zero-order valence-electron chi connectivity index (χ0n) is 16.4. The maximum atomic E-state index is 12.4. The molecule has 1 fully saturated rings. The van der Waals surface area contributed by atoms with Crippen LogP contribution in [0, 0.1) is 11.8 Å². The second-order valence-electron chi connectivity index (χ2n) is 7.53. The summed E-state index contributed by atoms with van der Waals surface area (Å²) in [5, 5.41) is 5.76. The molecule has 2 amide bonds. The van der Waals surface area contributed by atoms with Gasteiger partial charge in [0.1, 0.15) is 5.75 Å². The lowest BCUT2D eigenvalue weighted by Gasteiger charge is -2.10. The fourth-order valence-corrected chi connectivity index (χ4v) is 3.27. The molecule has 29 heavy (non-hydrogen) atoms. The fourth-order valence-electron chi connectivity index (χ4n) is 3.27. The van der Waals surface area contributed by atoms with Crippen LogP contribution in [-0.4, -0.2) is 24.7 Å². The van der Waals surface area contributed by atoms with Gasteiger partial charge in [-0.2, -0.15) is 0 Å². The molecule has 0 radical (unpaired) electrons. The molecule has 1 aliphatic carbocycles. The third kappa shape index (κ3) is 4.62. The number of nitrogens with one attached hydrogen (secondary N) is 2. The molecule has 0 saturated heterocycles. The molecule has 0 spiro atoms. The van der Waals surface area contributed by atoms with Gasteiger partial charge in [-0.05, 0) is 62.2 Å². The highest BCUT2D eigenvalue weighted by molar-refractivity contribution is 5.99. The summed E-state index contributed by atoms with van der Waals surface area (Å²) in [7, 11) is 0. The van der Waals surface area contributed by atoms with Crippen LogP contribution in [0.5, 0.6) is 17.2 Å². The summed E-state index contributed by atoms with van der Waals surface area (Å²) in [6.07, 6.45) is 0.659. The van der Waals surface area contributed by atoms with Crippen molar-refractivity contribution in [2.75, 3.05) is 12.1 Å². The molecule has 7 nitrogen and oxygen atoms in total. The Kier molecular flexibility index (Phi) is 5.29. The molecule has 2 aliphatic rings. The summed E-state index contributed by atoms with van der Waals surface area (Å²) in [6, 6.07) is 12.8. The van der Waals surface area contributed by atoms with E-state index in [1.807, 2.05) is 44.2 Å². The lowest BCUT2D eigenvalue weighted by Crippen LogP contribution is -2.27. The molecule has 152 valence electrons. The number of carbonyl (C=O) groups excluding carboxylic acids is 2. The Hall–Kier alpha value is -3.22. The first-order chi connectivity index (χ1) is 14.0. The molecule has 2 aromatic rings. The van der Waals surface area contributed by atoms with Crippen molar-refractivity contribution >= 4 is 17.5 Å². The van der Waals surface area contributed by atoms with E-state index in [1.165, 1.54) is 0 Å². The first kappa shape index (κ1) is 19.1. The summed E-state index contributed by atoms with van der Waals surface area (Å²) in [4.78, 5) is 24.8. The minimum absolute atomic E-state index is 0.0961. The highest BCUT2D eigenvalue weighted by atomic mass is 16.7. The SMILES string of the molecule is CC(C)Oc1ccc(NC(=O)C2CC2C(=O)NCc2ccc3c(c2)OCO3)cc1. The zero-order chi connectivity index (χ0) is 20.4. The summed E-state index contributed by atoms with van der Waals surface area (Å²) < 4.78 is 16.2. The summed E-state index contributed by atoms with van der Waals surface area (Å²) in [5.41, 5.74) is 1.62. The first-order valence-electron chi connectivity index (χ1n) is 9.73. The third-order valence-corrected chi connectivity index (χ3v) is 4.86. The number of rotatable bonds is 7. The molecule has 2 N–H and O–H groups in total. The number of anilines is 1. The highest BCUT2D eigenvalue weighted by Crippen LogP contribution is 2.40. The Bertz CT molecular complexity index is 910. The average molecular weight is 396 g/mol. The van der Waals surface area contributed by atoms with Crippen molar-refractivity contribution in [1.29, 1.82) is 0 Å². The van der Waals surface area contributed by atoms with Gasteiger partial charge >= 0.3 is 0 Å². The van der Waals surface area contributed by atoms with E-state index in [0.717, 1.165) is 11.3 Å². The second-order valence-corrected chi connectivity index (χ2v) is 7.53. The van der Waals surface area contributed by atoms with Crippen molar-refractivity contribution in [2.45, 2.75) is 32.9 Å². The van der Waals surface area contributed by atoms with E-state index in [2.05, 4.69) is 10.6 Å². The standard InChI is InChI=1S/C22H24N2O5/c1-13(2)29-16-6-4-15(5-7-16)24-22(26)18-10-17(18)21(25)23-11-14-3-8-19-20(9-14)28-12-27-19/h3-9,13,17-18H,10-12H2,1-2H3,(H,23,25)(H,24,26). The minimum atomic E-state index is -0.293. The predicted molar refractivity (Wildman–Crippen MR) is 107 cm³/mol. The molecule has 0 bridgehead atoms. The van der Waals surface area contributed by atoms with Gasteiger partial charge in [-0.1, -0.05) is 6.07 Å². The molecular weight excluding hydrogens is 372 g/mol. The maximum absolute atomic E-state index is 12.4. The normalized spacial score (nSPS) is 19.0. The van der Waals surface area contributed by atoms with Gasteiger partial charge in [0.25, 0.3) is 0 Å². The van der Waals surface area contributed by atoms with Crippen LogP contribution >= 0.6 is 0 Å². The Balaban J connectivity index is 1.24. The van der Waals surface area contributed by atoms with Crippen LogP contribution < -0.4 is 24.8 Å². The van der Waals surface area contributed by atoms with Gasteiger partial charge in [0.15, 0.2) is 11.5 Å². The van der Waals surface area contributed by atoms with E-state index >= 15 is 0 Å². The maximum Gasteiger partial charge on any atom is 0.231 e. The smallest absolute Gasteiger partial charge is 0.231 e. The van der Waals surface area contributed by atoms with E-state index in [4.69, 9.17) is 14.2 Å². The van der Waals surface area contributed by atoms with Crippen molar-refractivity contribution in [3.8, 4) is 17.2 Å². The topological polar surface area (TPSA) is 85.9 Å². The molecule has 0 aromatic heterocycles. The fraction of sp³-hybridized carbons (Fsp3) is 0.364. The number of hydrogen-bond donors (Lipinski definition) is 2. The summed E-state index contributed by atoms with van der Waals surface area (Å²) >= 11 is 0. The van der Waals surface area contributed by atoms with Gasteiger partial charge in [0.05, 0.1) is 17.9 Å². The van der Waals surface area contributed by atoms with Crippen LogP contribution in [0.1, 0.15) is 25.8 Å². The van der Waals surface area contributed by atoms with Gasteiger partial charge in [0.2, 0.25) is 18.6 Å². The van der Waals surface area contributed by atoms with Gasteiger partial charge < -0.3 is 24.8 Å². The van der Waals surface area contributed by atoms with Gasteiger partial charge in [-0.25, -0.2) is 0 Å². The van der Waals surface area contributed by atoms with Crippen molar-refractivity contribution in [1.82, 2.24) is 5.32 Å². The molecule has 2 aromatic carbocycles. The summed E-state index contributed by atoms with van der Waals surface area (Å²) in [5.74, 6) is 1.33. The van der Waals surface area contributed by atoms with Crippen molar-refractivity contribution in [3.63, 3.8) is 0 Å². The number of amides is 2. The number of fused-ring (bicyclic) bond motifs is 1. The van der Waals surface area contributed by atoms with E-state index in [-0.39, 0.29) is 36.5 Å². The van der Waals surface area contributed by atoms with E-state index in [0.29, 0.717) is 30.2 Å². The molecular formula is C22H24N2O5. The van der Waals surface area contributed by atoms with Crippen molar-refractivity contribution in [3.05, 3.63) is 48.0 Å². The van der Waals surface area contributed by atoms with Gasteiger partial charge in [-0.15, -0.1) is 0 Å². The van der Waals surface area contributed by atoms with Crippen LogP contribution in [-0.2, 0) is 16.1 Å². The van der Waals surface area contributed by atoms with E-state index in [1.54, 1.807) is 12.1 Å². The quantitative estimate of drug-likeness (QED) is 0.751. The monoisotopic (exact) mass is 396 g/mol. The zero-order valence-corrected chi connectivity index (χ0v) is 16.4. The predicted octanol–water partition coefficient (Wildman–Crippen LogP) is 3.09. The number of ether oxygens (including phenoxy) is 3. The van der Waals surface area contributed by atoms with E-state index < -0.39 is 0 Å². The first-order valence-corrected chi connectivity index (χ1v) is 9.73. The molecule has 2 unspecified atom stereocenters. The Labute approximate surface area is 169 Å². The van der Waals surface area contributed by atoms with Crippen LogP contribution in [0.25, 0.3) is 0 Å². The third-order valence-electron chi connectivity index (χ3n) is 4.86. The number of carbonyl (C=O) groups is 2. The molecule has 1 heterocycles. The Morgan fingerprint density at radius 2 is 1.76 bits per heavy atom. The average Bonchev–Trinajstić information content (AvgIpc) is 3.37. The molecule has 1 saturated carbocycles. The number of hydrogen-bond acceptors (Lipinski definition) is 5. The lowest BCUT2D eigenvalue weighted by atomic mass is 10.2. The van der Waals surface area contributed by atoms with Crippen LogP contribution in [0.3, 0.4) is 0 Å². The van der Waals surface area contributed by atoms with Gasteiger partial charge in [-0.3, -0.25) is 9.59 Å². The van der Waals surface area contributed by atoms with Crippen molar-refractivity contribution in [2.24, 2.45) is 11.8 Å². The highest BCUT2D eigenvalue weighted by Gasteiger charge is 2.47. The molecule has 1 aliphatic heterocycles. The molecule has 7 heteroatoms. The van der Waals surface area contributed by atoms with Crippen LogP contribution in [0.4, 0.5) is 5.69 Å². The molecule has 4 rings (SSSR count). The Morgan fingerprint density at radius 1 is 1.03 bits per heavy atom. The van der Waals surface area contributed by atoms with Crippen LogP contribution in [0.15, 0.2) is 42.5 Å².